The number of aromatic hydroxyl groups is 1. The SMILES string of the molecule is Nc1cc(-n2ccc(C(=O)c3ccccc3)c2)cc(F)c1O. The van der Waals surface area contributed by atoms with Crippen LogP contribution in [0.4, 0.5) is 10.1 Å². The molecular weight excluding hydrogens is 283 g/mol. The Bertz CT molecular complexity index is 818. The average molecular weight is 296 g/mol. The number of hydrogen-bond donors (Lipinski definition) is 2. The summed E-state index contributed by atoms with van der Waals surface area (Å²) >= 11 is 0. The van der Waals surface area contributed by atoms with Gasteiger partial charge < -0.3 is 15.4 Å². The number of rotatable bonds is 3. The van der Waals surface area contributed by atoms with Crippen molar-refractivity contribution in [3.8, 4) is 11.4 Å². The fourth-order valence-corrected chi connectivity index (χ4v) is 2.20. The van der Waals surface area contributed by atoms with E-state index in [1.165, 1.54) is 6.07 Å². The van der Waals surface area contributed by atoms with Gasteiger partial charge in [0.25, 0.3) is 0 Å². The van der Waals surface area contributed by atoms with E-state index in [1.807, 2.05) is 6.07 Å². The fourth-order valence-electron chi connectivity index (χ4n) is 2.20. The zero-order chi connectivity index (χ0) is 15.7. The first kappa shape index (κ1) is 13.9. The number of benzene rings is 2. The van der Waals surface area contributed by atoms with Crippen molar-refractivity contribution in [2.45, 2.75) is 0 Å². The van der Waals surface area contributed by atoms with Crippen molar-refractivity contribution < 1.29 is 14.3 Å². The number of anilines is 1. The van der Waals surface area contributed by atoms with Gasteiger partial charge in [0.05, 0.1) is 11.4 Å². The number of nitrogens with two attached hydrogens (primary N) is 1. The van der Waals surface area contributed by atoms with E-state index < -0.39 is 11.6 Å². The van der Waals surface area contributed by atoms with Crippen molar-refractivity contribution >= 4 is 11.5 Å². The van der Waals surface area contributed by atoms with Crippen LogP contribution in [0.15, 0.2) is 60.9 Å². The molecule has 0 amide bonds. The quantitative estimate of drug-likeness (QED) is 0.443. The second-order valence-corrected chi connectivity index (χ2v) is 4.87. The van der Waals surface area contributed by atoms with Gasteiger partial charge in [-0.2, -0.15) is 0 Å². The van der Waals surface area contributed by atoms with Crippen molar-refractivity contribution in [1.82, 2.24) is 4.57 Å². The summed E-state index contributed by atoms with van der Waals surface area (Å²) in [5.74, 6) is -1.50. The van der Waals surface area contributed by atoms with E-state index in [1.54, 1.807) is 47.3 Å². The van der Waals surface area contributed by atoms with Gasteiger partial charge in [-0.15, -0.1) is 0 Å². The number of ketones is 1. The van der Waals surface area contributed by atoms with Gasteiger partial charge in [0.2, 0.25) is 0 Å². The van der Waals surface area contributed by atoms with E-state index in [-0.39, 0.29) is 11.5 Å². The molecule has 0 bridgehead atoms. The third kappa shape index (κ3) is 2.44. The highest BCUT2D eigenvalue weighted by molar-refractivity contribution is 6.08. The molecular formula is C17H13FN2O2. The summed E-state index contributed by atoms with van der Waals surface area (Å²) in [5.41, 5.74) is 6.99. The molecule has 5 heteroatoms. The third-order valence-corrected chi connectivity index (χ3v) is 3.37. The average Bonchev–Trinajstić information content (AvgIpc) is 3.02. The van der Waals surface area contributed by atoms with Crippen molar-refractivity contribution in [3.05, 3.63) is 77.9 Å². The molecule has 0 atom stereocenters. The summed E-state index contributed by atoms with van der Waals surface area (Å²) in [4.78, 5) is 12.3. The molecule has 110 valence electrons. The van der Waals surface area contributed by atoms with Crippen LogP contribution in [0, 0.1) is 5.82 Å². The Morgan fingerprint density at radius 1 is 1.09 bits per heavy atom. The second kappa shape index (κ2) is 5.37. The summed E-state index contributed by atoms with van der Waals surface area (Å²) in [5, 5.41) is 9.36. The van der Waals surface area contributed by atoms with Crippen LogP contribution in [-0.2, 0) is 0 Å². The molecule has 22 heavy (non-hydrogen) atoms. The monoisotopic (exact) mass is 296 g/mol. The van der Waals surface area contributed by atoms with Crippen LogP contribution in [0.25, 0.3) is 5.69 Å². The first-order chi connectivity index (χ1) is 10.6. The van der Waals surface area contributed by atoms with Crippen LogP contribution in [0.3, 0.4) is 0 Å². The lowest BCUT2D eigenvalue weighted by atomic mass is 10.1. The maximum absolute atomic E-state index is 13.5. The third-order valence-electron chi connectivity index (χ3n) is 3.37. The maximum Gasteiger partial charge on any atom is 0.194 e. The molecule has 1 aromatic heterocycles. The molecule has 3 rings (SSSR count). The predicted octanol–water partition coefficient (Wildman–Crippen LogP) is 3.14. The minimum absolute atomic E-state index is 0.0559. The van der Waals surface area contributed by atoms with Crippen molar-refractivity contribution in [3.63, 3.8) is 0 Å². The number of halogens is 1. The van der Waals surface area contributed by atoms with E-state index in [0.717, 1.165) is 6.07 Å². The van der Waals surface area contributed by atoms with E-state index in [4.69, 9.17) is 5.73 Å². The molecule has 0 aliphatic carbocycles. The van der Waals surface area contributed by atoms with Gasteiger partial charge >= 0.3 is 0 Å². The normalized spacial score (nSPS) is 10.6. The first-order valence-electron chi connectivity index (χ1n) is 6.62. The van der Waals surface area contributed by atoms with E-state index in [0.29, 0.717) is 16.8 Å². The zero-order valence-corrected chi connectivity index (χ0v) is 11.5. The molecule has 0 saturated heterocycles. The van der Waals surface area contributed by atoms with Gasteiger partial charge in [-0.05, 0) is 12.1 Å². The standard InChI is InChI=1S/C17H13FN2O2/c18-14-8-13(9-15(19)17(14)22)20-7-6-12(10-20)16(21)11-4-2-1-3-5-11/h1-10,22H,19H2. The molecule has 0 unspecified atom stereocenters. The van der Waals surface area contributed by atoms with Crippen molar-refractivity contribution in [2.75, 3.05) is 5.73 Å². The van der Waals surface area contributed by atoms with Crippen LogP contribution in [0.5, 0.6) is 5.75 Å². The van der Waals surface area contributed by atoms with Crippen LogP contribution in [0.2, 0.25) is 0 Å². The summed E-state index contributed by atoms with van der Waals surface area (Å²) in [6.45, 7) is 0. The Balaban J connectivity index is 1.96. The summed E-state index contributed by atoms with van der Waals surface area (Å²) in [6.07, 6.45) is 3.24. The molecule has 0 fully saturated rings. The Kier molecular flexibility index (Phi) is 3.39. The lowest BCUT2D eigenvalue weighted by Crippen LogP contribution is -2.00. The number of nitrogen functional groups attached to an aromatic ring is 1. The van der Waals surface area contributed by atoms with Crippen LogP contribution in [-0.4, -0.2) is 15.5 Å². The number of carbonyl (C=O) groups excluding carboxylic acids is 1. The second-order valence-electron chi connectivity index (χ2n) is 4.87. The Labute approximate surface area is 126 Å². The minimum atomic E-state index is -0.806. The van der Waals surface area contributed by atoms with Crippen LogP contribution >= 0.6 is 0 Å². The highest BCUT2D eigenvalue weighted by Gasteiger charge is 2.12. The summed E-state index contributed by atoms with van der Waals surface area (Å²) in [6, 6.07) is 13.1. The van der Waals surface area contributed by atoms with Gasteiger partial charge in [0, 0.05) is 29.6 Å². The summed E-state index contributed by atoms with van der Waals surface area (Å²) in [7, 11) is 0. The van der Waals surface area contributed by atoms with E-state index in [9.17, 15) is 14.3 Å². The number of aromatic nitrogens is 1. The van der Waals surface area contributed by atoms with Crippen LogP contribution < -0.4 is 5.73 Å². The van der Waals surface area contributed by atoms with Gasteiger partial charge in [-0.25, -0.2) is 4.39 Å². The number of carbonyl (C=O) groups is 1. The van der Waals surface area contributed by atoms with Gasteiger partial charge in [-0.3, -0.25) is 4.79 Å². The van der Waals surface area contributed by atoms with Crippen molar-refractivity contribution in [1.29, 1.82) is 0 Å². The van der Waals surface area contributed by atoms with Gasteiger partial charge in [-0.1, -0.05) is 30.3 Å². The number of nitrogens with zero attached hydrogens (tertiary/aromatic N) is 1. The highest BCUT2D eigenvalue weighted by atomic mass is 19.1. The fraction of sp³-hybridized carbons (Fsp3) is 0. The molecule has 1 heterocycles. The Hall–Kier alpha value is -3.08. The zero-order valence-electron chi connectivity index (χ0n) is 11.5. The van der Waals surface area contributed by atoms with E-state index >= 15 is 0 Å². The highest BCUT2D eigenvalue weighted by Crippen LogP contribution is 2.27. The van der Waals surface area contributed by atoms with Gasteiger partial charge in [0.15, 0.2) is 17.3 Å². The number of hydrogen-bond acceptors (Lipinski definition) is 3. The lowest BCUT2D eigenvalue weighted by Gasteiger charge is -2.06. The lowest BCUT2D eigenvalue weighted by molar-refractivity contribution is 0.103. The molecule has 2 aromatic carbocycles. The molecule has 4 nitrogen and oxygen atoms in total. The topological polar surface area (TPSA) is 68.2 Å². The molecule has 0 aliphatic rings. The molecule has 3 aromatic rings. The van der Waals surface area contributed by atoms with Crippen molar-refractivity contribution in [2.24, 2.45) is 0 Å². The number of phenolic OH excluding ortho intramolecular Hbond substituents is 1. The largest absolute Gasteiger partial charge is 0.503 e. The van der Waals surface area contributed by atoms with Gasteiger partial charge in [0.1, 0.15) is 0 Å². The Morgan fingerprint density at radius 3 is 2.50 bits per heavy atom. The first-order valence-corrected chi connectivity index (χ1v) is 6.62. The van der Waals surface area contributed by atoms with E-state index in [2.05, 4.69) is 0 Å². The molecule has 3 N–H and O–H groups in total. The minimum Gasteiger partial charge on any atom is -0.503 e. The summed E-state index contributed by atoms with van der Waals surface area (Å²) < 4.78 is 15.1. The van der Waals surface area contributed by atoms with Crippen LogP contribution in [0.1, 0.15) is 15.9 Å². The Morgan fingerprint density at radius 2 is 1.82 bits per heavy atom. The molecule has 0 saturated carbocycles. The number of phenols is 1. The smallest absolute Gasteiger partial charge is 0.194 e. The maximum atomic E-state index is 13.5. The molecule has 0 radical (unpaired) electrons. The molecule has 0 spiro atoms. The predicted molar refractivity (Wildman–Crippen MR) is 81.7 cm³/mol. The molecule has 0 aliphatic heterocycles.